The summed E-state index contributed by atoms with van der Waals surface area (Å²) in [4.78, 5) is 29.0. The third-order valence-corrected chi connectivity index (χ3v) is 10.8. The fourth-order valence-corrected chi connectivity index (χ4v) is 7.65. The summed E-state index contributed by atoms with van der Waals surface area (Å²) in [5, 5.41) is 2.96. The zero-order valence-corrected chi connectivity index (χ0v) is 28.9. The Bertz CT molecular complexity index is 1700. The first kappa shape index (κ1) is 36.8. The van der Waals surface area contributed by atoms with Gasteiger partial charge >= 0.3 is 6.18 Å². The summed E-state index contributed by atoms with van der Waals surface area (Å²) in [5.41, 5.74) is -0.513. The largest absolute Gasteiger partial charge is 0.417 e. The maximum absolute atomic E-state index is 14.3. The highest BCUT2D eigenvalue weighted by atomic mass is 35.5. The smallest absolute Gasteiger partial charge is 0.352 e. The number of hydrogen-bond acceptors (Lipinski definition) is 4. The zero-order valence-electron chi connectivity index (χ0n) is 25.8. The molecule has 1 atom stereocenters. The van der Waals surface area contributed by atoms with Crippen LogP contribution in [0.3, 0.4) is 0 Å². The van der Waals surface area contributed by atoms with Crippen molar-refractivity contribution in [1.29, 1.82) is 0 Å². The number of aryl methyl sites for hydroxylation is 1. The van der Waals surface area contributed by atoms with Crippen molar-refractivity contribution in [2.75, 3.05) is 10.8 Å². The number of nitrogens with zero attached hydrogens (tertiary/aromatic N) is 2. The van der Waals surface area contributed by atoms with Crippen LogP contribution in [0.2, 0.25) is 15.1 Å². The van der Waals surface area contributed by atoms with Crippen LogP contribution in [0.25, 0.3) is 0 Å². The number of alkyl halides is 3. The van der Waals surface area contributed by atoms with Crippen LogP contribution in [-0.4, -0.2) is 43.8 Å². The lowest BCUT2D eigenvalue weighted by molar-refractivity contribution is -0.140. The Morgan fingerprint density at radius 2 is 1.60 bits per heavy atom. The topological polar surface area (TPSA) is 86.8 Å². The number of benzene rings is 3. The molecule has 3 aromatic rings. The second kappa shape index (κ2) is 15.5. The molecule has 4 rings (SSSR count). The van der Waals surface area contributed by atoms with Crippen molar-refractivity contribution in [1.82, 2.24) is 10.2 Å². The van der Waals surface area contributed by atoms with Crippen molar-refractivity contribution in [3.8, 4) is 0 Å². The number of rotatable bonds is 11. The van der Waals surface area contributed by atoms with Crippen LogP contribution in [-0.2, 0) is 32.3 Å². The van der Waals surface area contributed by atoms with Gasteiger partial charge in [-0.2, -0.15) is 13.2 Å². The van der Waals surface area contributed by atoms with Crippen molar-refractivity contribution in [3.05, 3.63) is 92.4 Å². The van der Waals surface area contributed by atoms with E-state index in [4.69, 9.17) is 34.8 Å². The van der Waals surface area contributed by atoms with Gasteiger partial charge in [0.15, 0.2) is 0 Å². The molecule has 47 heavy (non-hydrogen) atoms. The maximum atomic E-state index is 14.3. The van der Waals surface area contributed by atoms with E-state index in [2.05, 4.69) is 5.32 Å². The summed E-state index contributed by atoms with van der Waals surface area (Å²) in [6.45, 7) is 2.34. The lowest BCUT2D eigenvalue weighted by Gasteiger charge is -2.34. The summed E-state index contributed by atoms with van der Waals surface area (Å²) in [5.74, 6) is -1.25. The van der Waals surface area contributed by atoms with E-state index in [0.717, 1.165) is 49.8 Å². The number of halogens is 6. The highest BCUT2D eigenvalue weighted by molar-refractivity contribution is 7.92. The molecular weight excluding hydrogens is 698 g/mol. The second-order valence-electron chi connectivity index (χ2n) is 11.5. The highest BCUT2D eigenvalue weighted by Crippen LogP contribution is 2.38. The maximum Gasteiger partial charge on any atom is 0.417 e. The van der Waals surface area contributed by atoms with Gasteiger partial charge in [0.2, 0.25) is 11.8 Å². The van der Waals surface area contributed by atoms with Gasteiger partial charge in [0.1, 0.15) is 12.6 Å². The molecule has 0 heterocycles. The predicted molar refractivity (Wildman–Crippen MR) is 178 cm³/mol. The lowest BCUT2D eigenvalue weighted by Crippen LogP contribution is -2.54. The molecule has 14 heteroatoms. The molecule has 1 N–H and O–H groups in total. The van der Waals surface area contributed by atoms with Crippen molar-refractivity contribution in [2.45, 2.75) is 82.1 Å². The van der Waals surface area contributed by atoms with Gasteiger partial charge in [-0.05, 0) is 74.2 Å². The first-order valence-electron chi connectivity index (χ1n) is 15.1. The molecule has 3 aromatic carbocycles. The molecule has 2 amide bonds. The summed E-state index contributed by atoms with van der Waals surface area (Å²) in [6.07, 6.45) is -0.179. The normalized spacial score (nSPS) is 14.8. The van der Waals surface area contributed by atoms with E-state index in [1.54, 1.807) is 26.0 Å². The van der Waals surface area contributed by atoms with Crippen LogP contribution >= 0.6 is 34.8 Å². The van der Waals surface area contributed by atoms with Crippen molar-refractivity contribution >= 4 is 62.3 Å². The Balaban J connectivity index is 1.79. The zero-order chi connectivity index (χ0) is 34.5. The minimum atomic E-state index is -4.90. The summed E-state index contributed by atoms with van der Waals surface area (Å²) in [6, 6.07) is 11.8. The summed E-state index contributed by atoms with van der Waals surface area (Å²) in [7, 11) is -4.61. The van der Waals surface area contributed by atoms with Gasteiger partial charge in [-0.15, -0.1) is 0 Å². The van der Waals surface area contributed by atoms with E-state index in [1.807, 2.05) is 0 Å². The van der Waals surface area contributed by atoms with E-state index in [1.165, 1.54) is 35.2 Å². The van der Waals surface area contributed by atoms with E-state index >= 15 is 0 Å². The Kier molecular flexibility index (Phi) is 12.1. The Hall–Kier alpha value is -2.99. The van der Waals surface area contributed by atoms with E-state index in [0.29, 0.717) is 21.0 Å². The minimum Gasteiger partial charge on any atom is -0.352 e. The lowest BCUT2D eigenvalue weighted by atomic mass is 9.95. The number of sulfonamides is 1. The molecular formula is C33H35Cl3F3N3O4S. The average Bonchev–Trinajstić information content (AvgIpc) is 3.01. The van der Waals surface area contributed by atoms with Gasteiger partial charge in [-0.1, -0.05) is 84.8 Å². The first-order chi connectivity index (χ1) is 22.1. The Morgan fingerprint density at radius 3 is 2.19 bits per heavy atom. The minimum absolute atomic E-state index is 0.0744. The van der Waals surface area contributed by atoms with Gasteiger partial charge < -0.3 is 10.2 Å². The number of anilines is 1. The molecule has 254 valence electrons. The molecule has 1 saturated carbocycles. The molecule has 1 fully saturated rings. The Labute approximate surface area is 288 Å². The number of nitrogens with one attached hydrogen (secondary N) is 1. The van der Waals surface area contributed by atoms with Crippen LogP contribution < -0.4 is 9.62 Å². The number of amides is 2. The average molecular weight is 733 g/mol. The Morgan fingerprint density at radius 1 is 0.936 bits per heavy atom. The number of carbonyl (C=O) groups is 2. The van der Waals surface area contributed by atoms with Crippen molar-refractivity contribution in [2.24, 2.45) is 0 Å². The molecule has 7 nitrogen and oxygen atoms in total. The number of hydrogen-bond donors (Lipinski definition) is 1. The molecule has 0 saturated heterocycles. The molecule has 0 bridgehead atoms. The molecule has 0 aliphatic heterocycles. The summed E-state index contributed by atoms with van der Waals surface area (Å²) < 4.78 is 70.4. The molecule has 0 aromatic heterocycles. The van der Waals surface area contributed by atoms with Gasteiger partial charge in [-0.25, -0.2) is 8.42 Å². The van der Waals surface area contributed by atoms with Crippen molar-refractivity contribution in [3.63, 3.8) is 0 Å². The first-order valence-corrected chi connectivity index (χ1v) is 17.7. The third-order valence-electron chi connectivity index (χ3n) is 8.12. The molecule has 0 radical (unpaired) electrons. The third kappa shape index (κ3) is 9.13. The van der Waals surface area contributed by atoms with Crippen LogP contribution in [0.15, 0.2) is 65.6 Å². The fraction of sp³-hybridized carbons (Fsp3) is 0.394. The van der Waals surface area contributed by atoms with E-state index in [9.17, 15) is 31.2 Å². The van der Waals surface area contributed by atoms with Gasteiger partial charge in [0.25, 0.3) is 10.0 Å². The summed E-state index contributed by atoms with van der Waals surface area (Å²) >= 11 is 18.4. The van der Waals surface area contributed by atoms with Gasteiger partial charge in [0, 0.05) is 22.6 Å². The van der Waals surface area contributed by atoms with Gasteiger partial charge in [-0.3, -0.25) is 13.9 Å². The van der Waals surface area contributed by atoms with Crippen LogP contribution in [0.1, 0.15) is 62.1 Å². The molecule has 1 unspecified atom stereocenters. The highest BCUT2D eigenvalue weighted by Gasteiger charge is 2.37. The second-order valence-corrected chi connectivity index (χ2v) is 14.6. The van der Waals surface area contributed by atoms with Gasteiger partial charge in [0.05, 0.1) is 21.2 Å². The monoisotopic (exact) mass is 731 g/mol. The quantitative estimate of drug-likeness (QED) is 0.215. The SMILES string of the molecule is CCC(C(=O)NC1CCCCC1)N(Cc1ccc(Cl)cc1Cl)C(=O)CN(c1ccc(Cl)c(C(F)(F)F)c1)S(=O)(=O)c1ccc(C)cc1. The fourth-order valence-electron chi connectivity index (χ4n) is 5.55. The van der Waals surface area contributed by atoms with Crippen LogP contribution in [0.5, 0.6) is 0 Å². The predicted octanol–water partition coefficient (Wildman–Crippen LogP) is 8.43. The van der Waals surface area contributed by atoms with E-state index in [-0.39, 0.29) is 28.9 Å². The molecule has 0 spiro atoms. The van der Waals surface area contributed by atoms with Crippen LogP contribution in [0, 0.1) is 6.92 Å². The molecule has 1 aliphatic rings. The van der Waals surface area contributed by atoms with Crippen LogP contribution in [0.4, 0.5) is 18.9 Å². The van der Waals surface area contributed by atoms with Crippen molar-refractivity contribution < 1.29 is 31.2 Å². The standard InChI is InChI=1S/C33H35Cl3F3N3O4S/c1-3-30(32(44)40-24-7-5-4-6-8-24)41(19-22-11-12-23(34)17-29(22)36)31(43)20-42(47(45,46)26-14-9-21(2)10-15-26)25-13-16-28(35)27(18-25)33(37,38)39/h9-18,24,30H,3-8,19-20H2,1-2H3,(H,40,44). The molecule has 1 aliphatic carbocycles. The number of carbonyl (C=O) groups excluding carboxylic acids is 2. The van der Waals surface area contributed by atoms with E-state index < -0.39 is 56.9 Å².